The summed E-state index contributed by atoms with van der Waals surface area (Å²) in [4.78, 5) is 15.7. The average molecular weight is 338 g/mol. The number of hydrogen-bond donors (Lipinski definition) is 0. The van der Waals surface area contributed by atoms with E-state index in [4.69, 9.17) is 10.00 Å². The fraction of sp³-hybridized carbons (Fsp3) is 0.0833. The molecule has 0 atom stereocenters. The molecule has 1 aromatic carbocycles. The van der Waals surface area contributed by atoms with Crippen LogP contribution in [0.2, 0.25) is 0 Å². The van der Waals surface area contributed by atoms with Gasteiger partial charge >= 0.3 is 5.97 Å². The monoisotopic (exact) mass is 338 g/mol. The Balaban J connectivity index is 2.69. The molecule has 2 aromatic rings. The molecule has 0 spiro atoms. The molecule has 0 aliphatic rings. The second-order valence-corrected chi connectivity index (χ2v) is 4.37. The molecule has 0 aliphatic heterocycles. The molecule has 0 saturated heterocycles. The smallest absolute Gasteiger partial charge is 0.338 e. The molecule has 0 fully saturated rings. The molecule has 0 N–H and O–H groups in total. The molecule has 84 valence electrons. The van der Waals surface area contributed by atoms with Gasteiger partial charge in [-0.1, -0.05) is 0 Å². The van der Waals surface area contributed by atoms with E-state index in [2.05, 4.69) is 27.6 Å². The van der Waals surface area contributed by atoms with E-state index in [1.165, 1.54) is 7.11 Å². The largest absolute Gasteiger partial charge is 0.465 e. The molecule has 17 heavy (non-hydrogen) atoms. The van der Waals surface area contributed by atoms with E-state index >= 15 is 0 Å². The van der Waals surface area contributed by atoms with Crippen molar-refractivity contribution >= 4 is 39.5 Å². The summed E-state index contributed by atoms with van der Waals surface area (Å²) in [6, 6.07) is 8.77. The van der Waals surface area contributed by atoms with Gasteiger partial charge in [0.05, 0.1) is 18.2 Å². The maximum Gasteiger partial charge on any atom is 0.338 e. The zero-order valence-corrected chi connectivity index (χ0v) is 11.1. The van der Waals surface area contributed by atoms with Crippen LogP contribution in [0.4, 0.5) is 0 Å². The Labute approximate surface area is 111 Å². The number of carbonyl (C=O) groups excluding carboxylic acids is 1. The molecule has 5 heteroatoms. The third-order valence-electron chi connectivity index (χ3n) is 2.33. The highest BCUT2D eigenvalue weighted by atomic mass is 127. The summed E-state index contributed by atoms with van der Waals surface area (Å²) in [5.74, 6) is -0.374. The minimum absolute atomic E-state index is 0.360. The maximum absolute atomic E-state index is 11.5. The molecule has 0 aliphatic carbocycles. The third kappa shape index (κ3) is 2.08. The van der Waals surface area contributed by atoms with Gasteiger partial charge in [0.15, 0.2) is 0 Å². The predicted molar refractivity (Wildman–Crippen MR) is 70.5 cm³/mol. The van der Waals surface area contributed by atoms with Crippen molar-refractivity contribution in [1.29, 1.82) is 5.26 Å². The number of nitrogens with zero attached hydrogens (tertiary/aromatic N) is 2. The van der Waals surface area contributed by atoms with E-state index in [1.807, 2.05) is 6.07 Å². The number of fused-ring (bicyclic) bond motifs is 1. The summed E-state index contributed by atoms with van der Waals surface area (Å²) in [6.45, 7) is 0. The second-order valence-electron chi connectivity index (χ2n) is 3.29. The van der Waals surface area contributed by atoms with Crippen LogP contribution < -0.4 is 0 Å². The van der Waals surface area contributed by atoms with Gasteiger partial charge in [0.1, 0.15) is 11.8 Å². The normalized spacial score (nSPS) is 9.94. The number of rotatable bonds is 1. The van der Waals surface area contributed by atoms with Crippen molar-refractivity contribution in [3.63, 3.8) is 0 Å². The maximum atomic E-state index is 11.5. The third-order valence-corrected chi connectivity index (χ3v) is 3.49. The molecule has 0 saturated carbocycles. The van der Waals surface area contributed by atoms with Gasteiger partial charge in [-0.15, -0.1) is 0 Å². The van der Waals surface area contributed by atoms with Gasteiger partial charge in [-0.05, 0) is 46.9 Å². The molecule has 4 nitrogen and oxygen atoms in total. The standard InChI is InChI=1S/C12H7IN2O2/c1-17-12(16)9-4-5-10-8(11(9)13)3-2-7(6-14)15-10/h2-5H,1H3. The molecule has 2 rings (SSSR count). The molecular weight excluding hydrogens is 331 g/mol. The second kappa shape index (κ2) is 4.67. The van der Waals surface area contributed by atoms with Gasteiger partial charge in [0.25, 0.3) is 0 Å². The van der Waals surface area contributed by atoms with Crippen molar-refractivity contribution in [2.75, 3.05) is 7.11 Å². The quantitative estimate of drug-likeness (QED) is 0.592. The van der Waals surface area contributed by atoms with E-state index in [9.17, 15) is 4.79 Å². The summed E-state index contributed by atoms with van der Waals surface area (Å²) in [7, 11) is 1.35. The van der Waals surface area contributed by atoms with E-state index < -0.39 is 0 Å². The molecule has 1 aromatic heterocycles. The number of nitriles is 1. The van der Waals surface area contributed by atoms with Crippen LogP contribution in [0.15, 0.2) is 24.3 Å². The van der Waals surface area contributed by atoms with Crippen molar-refractivity contribution in [2.24, 2.45) is 0 Å². The van der Waals surface area contributed by atoms with E-state index in [0.29, 0.717) is 16.8 Å². The van der Waals surface area contributed by atoms with Crippen molar-refractivity contribution in [2.45, 2.75) is 0 Å². The Morgan fingerprint density at radius 3 is 2.82 bits per heavy atom. The fourth-order valence-corrected chi connectivity index (χ4v) is 2.35. The van der Waals surface area contributed by atoms with Crippen LogP contribution in [0.1, 0.15) is 16.1 Å². The number of aromatic nitrogens is 1. The summed E-state index contributed by atoms with van der Waals surface area (Å²) in [5.41, 5.74) is 1.56. The molecule has 0 unspecified atom stereocenters. The number of hydrogen-bond acceptors (Lipinski definition) is 4. The molecule has 0 bridgehead atoms. The summed E-state index contributed by atoms with van der Waals surface area (Å²) in [5, 5.41) is 9.60. The Morgan fingerprint density at radius 2 is 2.18 bits per heavy atom. The van der Waals surface area contributed by atoms with Gasteiger partial charge in [-0.3, -0.25) is 0 Å². The topological polar surface area (TPSA) is 63.0 Å². The van der Waals surface area contributed by atoms with E-state index in [-0.39, 0.29) is 5.97 Å². The fourth-order valence-electron chi connectivity index (χ4n) is 1.50. The first-order valence-electron chi connectivity index (χ1n) is 4.75. The lowest BCUT2D eigenvalue weighted by atomic mass is 10.1. The van der Waals surface area contributed by atoms with Crippen LogP contribution in [0.25, 0.3) is 10.9 Å². The van der Waals surface area contributed by atoms with Gasteiger partial charge in [0, 0.05) is 8.96 Å². The predicted octanol–water partition coefficient (Wildman–Crippen LogP) is 2.50. The Kier molecular flexibility index (Phi) is 3.24. The Hall–Kier alpha value is -1.68. The number of esters is 1. The van der Waals surface area contributed by atoms with E-state index in [0.717, 1.165) is 8.96 Å². The van der Waals surface area contributed by atoms with Gasteiger partial charge < -0.3 is 4.74 Å². The summed E-state index contributed by atoms with van der Waals surface area (Å²) >= 11 is 2.08. The first-order chi connectivity index (χ1) is 8.17. The van der Waals surface area contributed by atoms with Crippen LogP contribution in [0.5, 0.6) is 0 Å². The number of ether oxygens (including phenoxy) is 1. The highest BCUT2D eigenvalue weighted by Crippen LogP contribution is 2.23. The van der Waals surface area contributed by atoms with Crippen molar-refractivity contribution in [3.05, 3.63) is 39.1 Å². The zero-order chi connectivity index (χ0) is 12.4. The molecular formula is C12H7IN2O2. The summed E-state index contributed by atoms with van der Waals surface area (Å²) < 4.78 is 5.48. The number of pyridine rings is 1. The highest BCUT2D eigenvalue weighted by molar-refractivity contribution is 14.1. The first-order valence-corrected chi connectivity index (χ1v) is 5.83. The van der Waals surface area contributed by atoms with Crippen molar-refractivity contribution in [3.8, 4) is 6.07 Å². The van der Waals surface area contributed by atoms with Crippen LogP contribution >= 0.6 is 22.6 Å². The average Bonchev–Trinajstić information content (AvgIpc) is 2.38. The SMILES string of the molecule is COC(=O)c1ccc2nc(C#N)ccc2c1I. The minimum atomic E-state index is -0.374. The number of halogens is 1. The molecule has 0 amide bonds. The molecule has 1 heterocycles. The Morgan fingerprint density at radius 1 is 1.41 bits per heavy atom. The van der Waals surface area contributed by atoms with Crippen molar-refractivity contribution < 1.29 is 9.53 Å². The van der Waals surface area contributed by atoms with Crippen molar-refractivity contribution in [1.82, 2.24) is 4.98 Å². The van der Waals surface area contributed by atoms with Crippen LogP contribution in [-0.2, 0) is 4.74 Å². The lowest BCUT2D eigenvalue weighted by Crippen LogP contribution is -2.04. The Bertz CT molecular complexity index is 647. The molecule has 0 radical (unpaired) electrons. The zero-order valence-electron chi connectivity index (χ0n) is 8.90. The lowest BCUT2D eigenvalue weighted by Gasteiger charge is -2.05. The van der Waals surface area contributed by atoms with Crippen LogP contribution in [0.3, 0.4) is 0 Å². The van der Waals surface area contributed by atoms with Crippen LogP contribution in [-0.4, -0.2) is 18.1 Å². The number of benzene rings is 1. The number of methoxy groups -OCH3 is 1. The highest BCUT2D eigenvalue weighted by Gasteiger charge is 2.13. The van der Waals surface area contributed by atoms with Crippen LogP contribution in [0, 0.1) is 14.9 Å². The summed E-state index contributed by atoms with van der Waals surface area (Å²) in [6.07, 6.45) is 0. The van der Waals surface area contributed by atoms with Gasteiger partial charge in [-0.25, -0.2) is 9.78 Å². The van der Waals surface area contributed by atoms with Gasteiger partial charge in [0.2, 0.25) is 0 Å². The first kappa shape index (κ1) is 11.8. The van der Waals surface area contributed by atoms with Gasteiger partial charge in [-0.2, -0.15) is 5.26 Å². The lowest BCUT2D eigenvalue weighted by molar-refractivity contribution is 0.0600. The minimum Gasteiger partial charge on any atom is -0.465 e. The van der Waals surface area contributed by atoms with E-state index in [1.54, 1.807) is 24.3 Å². The number of carbonyl (C=O) groups is 1.